The summed E-state index contributed by atoms with van der Waals surface area (Å²) in [6, 6.07) is 12.1. The molecule has 3 rings (SSSR count). The van der Waals surface area contributed by atoms with E-state index in [1.54, 1.807) is 0 Å². The van der Waals surface area contributed by atoms with Gasteiger partial charge in [-0.2, -0.15) is 0 Å². The number of rotatable bonds is 5. The van der Waals surface area contributed by atoms with E-state index in [4.69, 9.17) is 11.6 Å². The maximum absolute atomic E-state index is 13.2. The zero-order valence-electron chi connectivity index (χ0n) is 15.8. The molecule has 0 atom stereocenters. The zero-order valence-corrected chi connectivity index (χ0v) is 16.6. The Kier molecular flexibility index (Phi) is 5.38. The molecule has 3 nitrogen and oxygen atoms in total. The summed E-state index contributed by atoms with van der Waals surface area (Å²) in [4.78, 5) is 13.2. The molecular weight excluding hydrogens is 344 g/mol. The van der Waals surface area contributed by atoms with Crippen LogP contribution in [0.5, 0.6) is 0 Å². The molecule has 2 aromatic carbocycles. The number of hydrogen-bond donors (Lipinski definition) is 1. The molecule has 4 heteroatoms. The van der Waals surface area contributed by atoms with Crippen LogP contribution in [-0.4, -0.2) is 10.5 Å². The molecular formula is C22H25ClN2O. The van der Waals surface area contributed by atoms with E-state index < -0.39 is 0 Å². The topological polar surface area (TPSA) is 34.0 Å². The highest BCUT2D eigenvalue weighted by Gasteiger charge is 2.21. The van der Waals surface area contributed by atoms with Crippen LogP contribution >= 0.6 is 11.6 Å². The van der Waals surface area contributed by atoms with Gasteiger partial charge in [-0.25, -0.2) is 0 Å². The number of amides is 1. The number of carbonyl (C=O) groups excluding carboxylic acids is 1. The minimum atomic E-state index is -0.108. The summed E-state index contributed by atoms with van der Waals surface area (Å²) in [6.07, 6.45) is 2.11. The number of para-hydroxylation sites is 1. The summed E-state index contributed by atoms with van der Waals surface area (Å²) in [7, 11) is 0. The molecule has 0 aliphatic heterocycles. The predicted molar refractivity (Wildman–Crippen MR) is 110 cm³/mol. The normalized spacial score (nSPS) is 11.1. The Morgan fingerprint density at radius 3 is 2.58 bits per heavy atom. The molecule has 1 N–H and O–H groups in total. The van der Waals surface area contributed by atoms with Crippen LogP contribution in [0.15, 0.2) is 36.4 Å². The Bertz CT molecular complexity index is 949. The monoisotopic (exact) mass is 368 g/mol. The highest BCUT2D eigenvalue weighted by molar-refractivity contribution is 6.34. The summed E-state index contributed by atoms with van der Waals surface area (Å²) in [6.45, 7) is 8.97. The minimum Gasteiger partial charge on any atom is -0.336 e. The Balaban J connectivity index is 2.07. The van der Waals surface area contributed by atoms with Gasteiger partial charge in [-0.05, 0) is 56.0 Å². The Hall–Kier alpha value is -2.26. The summed E-state index contributed by atoms with van der Waals surface area (Å²) in [5.41, 5.74) is 5.58. The largest absolute Gasteiger partial charge is 0.336 e. The molecule has 1 amide bonds. The maximum Gasteiger partial charge on any atom is 0.272 e. The van der Waals surface area contributed by atoms with Crippen LogP contribution < -0.4 is 5.32 Å². The molecule has 0 fully saturated rings. The molecule has 0 aliphatic rings. The third-order valence-electron chi connectivity index (χ3n) is 4.84. The van der Waals surface area contributed by atoms with Crippen LogP contribution in [0.1, 0.15) is 46.9 Å². The highest BCUT2D eigenvalue weighted by atomic mass is 35.5. The van der Waals surface area contributed by atoms with Crippen molar-refractivity contribution in [2.24, 2.45) is 0 Å². The number of unbranched alkanes of at least 4 members (excludes halogenated alkanes) is 1. The SMILES string of the molecule is CCCCn1c(C(=O)Nc2c(C)cc(C)cc2Cl)c(C)c2ccccc21. The molecule has 0 saturated carbocycles. The second-order valence-corrected chi connectivity index (χ2v) is 7.30. The lowest BCUT2D eigenvalue weighted by Gasteiger charge is -2.14. The number of benzene rings is 2. The first-order chi connectivity index (χ1) is 12.4. The first-order valence-corrected chi connectivity index (χ1v) is 9.47. The lowest BCUT2D eigenvalue weighted by atomic mass is 10.1. The van der Waals surface area contributed by atoms with E-state index in [1.165, 1.54) is 0 Å². The van der Waals surface area contributed by atoms with Gasteiger partial charge >= 0.3 is 0 Å². The van der Waals surface area contributed by atoms with Crippen LogP contribution in [0.25, 0.3) is 10.9 Å². The molecule has 0 aliphatic carbocycles. The van der Waals surface area contributed by atoms with Gasteiger partial charge in [0, 0.05) is 17.4 Å². The summed E-state index contributed by atoms with van der Waals surface area (Å²) in [5.74, 6) is -0.108. The molecule has 0 spiro atoms. The zero-order chi connectivity index (χ0) is 18.8. The maximum atomic E-state index is 13.2. The first-order valence-electron chi connectivity index (χ1n) is 9.10. The van der Waals surface area contributed by atoms with E-state index in [-0.39, 0.29) is 5.91 Å². The number of aryl methyl sites for hydroxylation is 4. The number of hydrogen-bond acceptors (Lipinski definition) is 1. The number of aromatic nitrogens is 1. The van der Waals surface area contributed by atoms with Crippen LogP contribution in [0.4, 0.5) is 5.69 Å². The van der Waals surface area contributed by atoms with Crippen LogP contribution in [-0.2, 0) is 6.54 Å². The first kappa shape index (κ1) is 18.5. The van der Waals surface area contributed by atoms with Gasteiger partial charge in [-0.3, -0.25) is 4.79 Å². The fourth-order valence-electron chi connectivity index (χ4n) is 3.56. The van der Waals surface area contributed by atoms with E-state index in [9.17, 15) is 4.79 Å². The average Bonchev–Trinajstić information content (AvgIpc) is 2.88. The predicted octanol–water partition coefficient (Wildman–Crippen LogP) is 6.27. The molecule has 0 bridgehead atoms. The molecule has 1 aromatic heterocycles. The number of nitrogens with one attached hydrogen (secondary N) is 1. The van der Waals surface area contributed by atoms with E-state index in [1.807, 2.05) is 45.0 Å². The number of carbonyl (C=O) groups is 1. The molecule has 136 valence electrons. The average molecular weight is 369 g/mol. The van der Waals surface area contributed by atoms with E-state index in [2.05, 4.69) is 28.9 Å². The van der Waals surface area contributed by atoms with Crippen molar-refractivity contribution in [1.29, 1.82) is 0 Å². The van der Waals surface area contributed by atoms with Gasteiger partial charge in [-0.15, -0.1) is 0 Å². The van der Waals surface area contributed by atoms with Gasteiger partial charge in [0.25, 0.3) is 5.91 Å². The lowest BCUT2D eigenvalue weighted by Crippen LogP contribution is -2.19. The van der Waals surface area contributed by atoms with Gasteiger partial charge in [0.15, 0.2) is 0 Å². The van der Waals surface area contributed by atoms with Crippen molar-refractivity contribution < 1.29 is 4.79 Å². The van der Waals surface area contributed by atoms with Crippen molar-refractivity contribution in [1.82, 2.24) is 4.57 Å². The molecule has 0 saturated heterocycles. The lowest BCUT2D eigenvalue weighted by molar-refractivity contribution is 0.101. The van der Waals surface area contributed by atoms with Crippen LogP contribution in [0.3, 0.4) is 0 Å². The molecule has 0 unspecified atom stereocenters. The molecule has 3 aromatic rings. The fourth-order valence-corrected chi connectivity index (χ4v) is 3.93. The summed E-state index contributed by atoms with van der Waals surface area (Å²) >= 11 is 6.39. The van der Waals surface area contributed by atoms with Gasteiger partial charge in [0.2, 0.25) is 0 Å². The highest BCUT2D eigenvalue weighted by Crippen LogP contribution is 2.30. The minimum absolute atomic E-state index is 0.108. The standard InChI is InChI=1S/C22H25ClN2O/c1-5-6-11-25-19-10-8-7-9-17(19)16(4)21(25)22(26)24-20-15(3)12-14(2)13-18(20)23/h7-10,12-13H,5-6,11H2,1-4H3,(H,24,26). The van der Waals surface area contributed by atoms with Gasteiger partial charge in [0.1, 0.15) is 5.69 Å². The quantitative estimate of drug-likeness (QED) is 0.565. The third-order valence-corrected chi connectivity index (χ3v) is 5.14. The number of nitrogens with zero attached hydrogens (tertiary/aromatic N) is 1. The Morgan fingerprint density at radius 1 is 1.15 bits per heavy atom. The second-order valence-electron chi connectivity index (χ2n) is 6.89. The number of halogens is 1. The Labute approximate surface area is 160 Å². The molecule has 26 heavy (non-hydrogen) atoms. The van der Waals surface area contributed by atoms with Crippen molar-refractivity contribution in [2.75, 3.05) is 5.32 Å². The van der Waals surface area contributed by atoms with Crippen molar-refractivity contribution in [3.63, 3.8) is 0 Å². The third kappa shape index (κ3) is 3.36. The van der Waals surface area contributed by atoms with Crippen molar-refractivity contribution in [3.05, 3.63) is 63.8 Å². The Morgan fingerprint density at radius 2 is 1.88 bits per heavy atom. The van der Waals surface area contributed by atoms with Crippen molar-refractivity contribution >= 4 is 34.1 Å². The number of anilines is 1. The van der Waals surface area contributed by atoms with Crippen LogP contribution in [0, 0.1) is 20.8 Å². The van der Waals surface area contributed by atoms with Crippen molar-refractivity contribution in [3.8, 4) is 0 Å². The van der Waals surface area contributed by atoms with Gasteiger partial charge < -0.3 is 9.88 Å². The van der Waals surface area contributed by atoms with E-state index in [0.29, 0.717) is 10.7 Å². The van der Waals surface area contributed by atoms with E-state index in [0.717, 1.165) is 52.7 Å². The summed E-state index contributed by atoms with van der Waals surface area (Å²) in [5, 5.41) is 4.75. The fraction of sp³-hybridized carbons (Fsp3) is 0.318. The smallest absolute Gasteiger partial charge is 0.272 e. The van der Waals surface area contributed by atoms with Crippen LogP contribution in [0.2, 0.25) is 5.02 Å². The van der Waals surface area contributed by atoms with Crippen molar-refractivity contribution in [2.45, 2.75) is 47.1 Å². The van der Waals surface area contributed by atoms with E-state index >= 15 is 0 Å². The summed E-state index contributed by atoms with van der Waals surface area (Å²) < 4.78 is 2.14. The second kappa shape index (κ2) is 7.55. The van der Waals surface area contributed by atoms with Gasteiger partial charge in [0.05, 0.1) is 10.7 Å². The molecule has 1 heterocycles. The van der Waals surface area contributed by atoms with Gasteiger partial charge in [-0.1, -0.05) is 49.2 Å². The number of fused-ring (bicyclic) bond motifs is 1. The molecule has 0 radical (unpaired) electrons.